The summed E-state index contributed by atoms with van der Waals surface area (Å²) in [5.74, 6) is -0.606. The second kappa shape index (κ2) is 9.25. The van der Waals surface area contributed by atoms with Crippen molar-refractivity contribution in [2.45, 2.75) is 64.7 Å². The summed E-state index contributed by atoms with van der Waals surface area (Å²) >= 11 is 1.55. The lowest BCUT2D eigenvalue weighted by atomic mass is 9.68. The highest BCUT2D eigenvalue weighted by molar-refractivity contribution is 7.16. The maximum Gasteiger partial charge on any atom is 0.341 e. The van der Waals surface area contributed by atoms with E-state index in [-0.39, 0.29) is 17.0 Å². The van der Waals surface area contributed by atoms with E-state index in [1.807, 2.05) is 35.2 Å². The van der Waals surface area contributed by atoms with Crippen LogP contribution in [0.1, 0.15) is 78.2 Å². The van der Waals surface area contributed by atoms with Crippen molar-refractivity contribution in [1.82, 2.24) is 0 Å². The number of ketones is 1. The molecular formula is C29H31N3O3S. The monoisotopic (exact) mass is 501 g/mol. The number of nitrogens with two attached hydrogens (primary N) is 1. The van der Waals surface area contributed by atoms with Crippen molar-refractivity contribution >= 4 is 28.1 Å². The molecule has 7 heteroatoms. The number of thiophene rings is 1. The summed E-state index contributed by atoms with van der Waals surface area (Å²) in [4.78, 5) is 29.9. The van der Waals surface area contributed by atoms with E-state index in [1.54, 1.807) is 11.3 Å². The largest absolute Gasteiger partial charge is 0.465 e. The fourth-order valence-corrected chi connectivity index (χ4v) is 7.33. The molecule has 186 valence electrons. The predicted octanol–water partition coefficient (Wildman–Crippen LogP) is 5.74. The van der Waals surface area contributed by atoms with Gasteiger partial charge in [0.05, 0.1) is 30.2 Å². The molecular weight excluding hydrogens is 470 g/mol. The number of allylic oxidation sites excluding steroid dienone is 3. The van der Waals surface area contributed by atoms with Crippen LogP contribution in [0, 0.1) is 16.7 Å². The van der Waals surface area contributed by atoms with Gasteiger partial charge in [0.1, 0.15) is 10.8 Å². The molecule has 0 radical (unpaired) electrons. The third-order valence-corrected chi connectivity index (χ3v) is 8.79. The van der Waals surface area contributed by atoms with Gasteiger partial charge >= 0.3 is 5.97 Å². The van der Waals surface area contributed by atoms with E-state index in [0.29, 0.717) is 34.6 Å². The molecule has 0 saturated heterocycles. The van der Waals surface area contributed by atoms with Gasteiger partial charge in [0.25, 0.3) is 0 Å². The van der Waals surface area contributed by atoms with E-state index in [1.165, 1.54) is 12.0 Å². The van der Waals surface area contributed by atoms with Crippen molar-refractivity contribution in [3.05, 3.63) is 74.6 Å². The molecule has 5 rings (SSSR count). The van der Waals surface area contributed by atoms with Crippen LogP contribution < -0.4 is 10.6 Å². The summed E-state index contributed by atoms with van der Waals surface area (Å²) in [5.41, 5.74) is 10.7. The molecule has 2 heterocycles. The topological polar surface area (TPSA) is 96.4 Å². The van der Waals surface area contributed by atoms with Gasteiger partial charge in [0.2, 0.25) is 0 Å². The molecule has 2 aliphatic carbocycles. The first-order chi connectivity index (χ1) is 17.3. The predicted molar refractivity (Wildman–Crippen MR) is 140 cm³/mol. The van der Waals surface area contributed by atoms with Gasteiger partial charge in [-0.25, -0.2) is 4.79 Å². The number of Topliss-reactive ketones (excluding diaryl/α,β-unsaturated/α-hetero) is 1. The highest BCUT2D eigenvalue weighted by Gasteiger charge is 2.46. The van der Waals surface area contributed by atoms with Gasteiger partial charge < -0.3 is 10.5 Å². The molecule has 1 aliphatic heterocycles. The molecule has 1 aromatic carbocycles. The Hall–Kier alpha value is -3.37. The van der Waals surface area contributed by atoms with Crippen molar-refractivity contribution in [3.63, 3.8) is 0 Å². The maximum atomic E-state index is 13.7. The average Bonchev–Trinajstić information content (AvgIpc) is 3.04. The Morgan fingerprint density at radius 3 is 2.58 bits per heavy atom. The fourth-order valence-electron chi connectivity index (χ4n) is 5.92. The Morgan fingerprint density at radius 2 is 1.89 bits per heavy atom. The quantitative estimate of drug-likeness (QED) is 0.425. The molecule has 2 N–H and O–H groups in total. The second-order valence-corrected chi connectivity index (χ2v) is 11.7. The van der Waals surface area contributed by atoms with E-state index in [4.69, 9.17) is 10.5 Å². The van der Waals surface area contributed by atoms with E-state index >= 15 is 0 Å². The molecule has 3 aliphatic rings. The average molecular weight is 502 g/mol. The van der Waals surface area contributed by atoms with Crippen molar-refractivity contribution < 1.29 is 14.3 Å². The normalized spacial score (nSPS) is 21.4. The number of carbonyl (C=O) groups is 2. The van der Waals surface area contributed by atoms with Gasteiger partial charge in [0.15, 0.2) is 5.78 Å². The van der Waals surface area contributed by atoms with E-state index in [0.717, 1.165) is 48.9 Å². The van der Waals surface area contributed by atoms with Gasteiger partial charge in [-0.2, -0.15) is 5.26 Å². The lowest BCUT2D eigenvalue weighted by Crippen LogP contribution is -2.42. The van der Waals surface area contributed by atoms with Crippen LogP contribution in [0.5, 0.6) is 0 Å². The van der Waals surface area contributed by atoms with Gasteiger partial charge in [-0.15, -0.1) is 11.3 Å². The minimum absolute atomic E-state index is 0.0260. The van der Waals surface area contributed by atoms with E-state index < -0.39 is 11.9 Å². The molecule has 0 fully saturated rings. The number of nitriles is 1. The molecule has 0 unspecified atom stereocenters. The zero-order valence-electron chi connectivity index (χ0n) is 21.0. The van der Waals surface area contributed by atoms with Crippen molar-refractivity contribution in [2.24, 2.45) is 11.1 Å². The number of esters is 1. The van der Waals surface area contributed by atoms with Gasteiger partial charge in [-0.3, -0.25) is 9.69 Å². The third-order valence-electron chi connectivity index (χ3n) is 7.51. The zero-order valence-corrected chi connectivity index (χ0v) is 21.8. The Kier molecular flexibility index (Phi) is 6.25. The number of fused-ring (bicyclic) bond motifs is 1. The summed E-state index contributed by atoms with van der Waals surface area (Å²) in [5, 5.41) is 11.0. The number of benzene rings is 1. The summed E-state index contributed by atoms with van der Waals surface area (Å²) in [6.07, 6.45) is 5.91. The smallest absolute Gasteiger partial charge is 0.341 e. The summed E-state index contributed by atoms with van der Waals surface area (Å²) in [7, 11) is 1.40. The van der Waals surface area contributed by atoms with E-state index in [9.17, 15) is 14.9 Å². The van der Waals surface area contributed by atoms with Gasteiger partial charge in [-0.05, 0) is 48.6 Å². The highest BCUT2D eigenvalue weighted by atomic mass is 32.1. The first-order valence-electron chi connectivity index (χ1n) is 12.5. The first-order valence-corrected chi connectivity index (χ1v) is 13.3. The van der Waals surface area contributed by atoms with Crippen LogP contribution in [0.15, 0.2) is 53.0 Å². The Balaban J connectivity index is 1.80. The number of methoxy groups -OCH3 is 1. The number of anilines is 1. The number of ether oxygens (including phenoxy) is 1. The van der Waals surface area contributed by atoms with Crippen LogP contribution in [0.25, 0.3) is 0 Å². The summed E-state index contributed by atoms with van der Waals surface area (Å²) in [6, 6.07) is 11.9. The van der Waals surface area contributed by atoms with Crippen LogP contribution in [0.3, 0.4) is 0 Å². The van der Waals surface area contributed by atoms with Crippen LogP contribution in [0.4, 0.5) is 5.00 Å². The van der Waals surface area contributed by atoms with Crippen LogP contribution in [0.2, 0.25) is 0 Å². The Bertz CT molecular complexity index is 1340. The maximum absolute atomic E-state index is 13.7. The van der Waals surface area contributed by atoms with Gasteiger partial charge in [0, 0.05) is 22.6 Å². The fraction of sp³-hybridized carbons (Fsp3) is 0.414. The number of rotatable bonds is 3. The van der Waals surface area contributed by atoms with Crippen molar-refractivity contribution in [2.75, 3.05) is 12.0 Å². The first kappa shape index (κ1) is 24.3. The Morgan fingerprint density at radius 1 is 1.17 bits per heavy atom. The number of aryl methyl sites for hydroxylation is 1. The molecule has 0 bridgehead atoms. The van der Waals surface area contributed by atoms with Gasteiger partial charge in [-0.1, -0.05) is 50.6 Å². The number of hydrogen-bond donors (Lipinski definition) is 1. The number of nitrogens with zero attached hydrogens (tertiary/aromatic N) is 2. The second-order valence-electron chi connectivity index (χ2n) is 10.6. The van der Waals surface area contributed by atoms with Crippen molar-refractivity contribution in [3.8, 4) is 6.07 Å². The Labute approximate surface area is 216 Å². The van der Waals surface area contributed by atoms with Crippen LogP contribution in [-0.4, -0.2) is 18.9 Å². The molecule has 0 saturated carbocycles. The van der Waals surface area contributed by atoms with Crippen LogP contribution >= 0.6 is 11.3 Å². The zero-order chi connectivity index (χ0) is 25.6. The molecule has 1 atom stereocenters. The molecule has 0 spiro atoms. The summed E-state index contributed by atoms with van der Waals surface area (Å²) in [6.45, 7) is 4.16. The van der Waals surface area contributed by atoms with E-state index in [2.05, 4.69) is 19.9 Å². The van der Waals surface area contributed by atoms with Crippen molar-refractivity contribution in [1.29, 1.82) is 5.26 Å². The third kappa shape index (κ3) is 3.94. The standard InChI is InChI=1S/C29H31N3O3S/c1-29(2)14-20-25(21(33)15-29)23(17-10-6-4-7-11-17)19(16-30)26(31)32(20)27-24(28(34)35-3)18-12-8-5-9-13-22(18)36-27/h4,6-7,10-11,23H,5,8-9,12-15,31H2,1-3H3/t23-/m0/s1. The summed E-state index contributed by atoms with van der Waals surface area (Å²) < 4.78 is 5.25. The molecule has 36 heavy (non-hydrogen) atoms. The van der Waals surface area contributed by atoms with Crippen LogP contribution in [-0.2, 0) is 22.4 Å². The number of carbonyl (C=O) groups excluding carboxylic acids is 2. The molecule has 2 aromatic rings. The molecule has 6 nitrogen and oxygen atoms in total. The lowest BCUT2D eigenvalue weighted by Gasteiger charge is -2.43. The molecule has 0 amide bonds. The minimum Gasteiger partial charge on any atom is -0.465 e. The minimum atomic E-state index is -0.523. The molecule has 1 aromatic heterocycles. The highest BCUT2D eigenvalue weighted by Crippen LogP contribution is 2.52. The lowest BCUT2D eigenvalue weighted by molar-refractivity contribution is -0.118. The SMILES string of the molecule is COC(=O)c1c(N2C(N)=C(C#N)[C@H](c3ccccc3)C3=C2CC(C)(C)CC3=O)sc2c1CCCCC2. The number of hydrogen-bond acceptors (Lipinski definition) is 7.